The van der Waals surface area contributed by atoms with Gasteiger partial charge >= 0.3 is 0 Å². The van der Waals surface area contributed by atoms with E-state index in [1.165, 1.54) is 49.2 Å². The van der Waals surface area contributed by atoms with E-state index in [1.807, 2.05) is 0 Å². The highest BCUT2D eigenvalue weighted by molar-refractivity contribution is 7.92. The van der Waals surface area contributed by atoms with Gasteiger partial charge in [0.1, 0.15) is 17.8 Å². The second kappa shape index (κ2) is 8.08. The maximum atomic E-state index is 14.2. The molecule has 2 aromatic heterocycles. The Balaban J connectivity index is 1.93. The monoisotopic (exact) mass is 461 g/mol. The van der Waals surface area contributed by atoms with Crippen LogP contribution in [0.2, 0.25) is 0 Å². The number of fused-ring (bicyclic) bond motifs is 1. The lowest BCUT2D eigenvalue weighted by atomic mass is 10.0. The lowest BCUT2D eigenvalue weighted by Gasteiger charge is -2.15. The number of aryl methyl sites for hydroxylation is 1. The summed E-state index contributed by atoms with van der Waals surface area (Å²) in [5.74, 6) is -1.92. The molecule has 0 radical (unpaired) electrons. The van der Waals surface area contributed by atoms with Crippen LogP contribution in [0.1, 0.15) is 6.92 Å². The molecule has 0 atom stereocenters. The molecule has 11 heteroatoms. The van der Waals surface area contributed by atoms with Crippen molar-refractivity contribution in [1.29, 1.82) is 0 Å². The highest BCUT2D eigenvalue weighted by Gasteiger charge is 2.19. The summed E-state index contributed by atoms with van der Waals surface area (Å²) in [4.78, 5) is 12.4. The highest BCUT2D eigenvalue weighted by Crippen LogP contribution is 2.39. The van der Waals surface area contributed by atoms with Gasteiger partial charge < -0.3 is 13.8 Å². The highest BCUT2D eigenvalue weighted by atomic mass is 32.2. The molecule has 0 saturated carbocycles. The first-order chi connectivity index (χ1) is 15.2. The molecule has 0 aliphatic carbocycles. The van der Waals surface area contributed by atoms with Gasteiger partial charge in [0.05, 0.1) is 11.1 Å². The van der Waals surface area contributed by atoms with Crippen molar-refractivity contribution in [3.63, 3.8) is 0 Å². The summed E-state index contributed by atoms with van der Waals surface area (Å²) >= 11 is 0. The van der Waals surface area contributed by atoms with Crippen molar-refractivity contribution in [2.45, 2.75) is 6.92 Å². The summed E-state index contributed by atoms with van der Waals surface area (Å²) in [5, 5.41) is 4.09. The van der Waals surface area contributed by atoms with Crippen molar-refractivity contribution >= 4 is 26.6 Å². The number of rotatable bonds is 6. The largest absolute Gasteiger partial charge is 0.454 e. The van der Waals surface area contributed by atoms with E-state index in [1.54, 1.807) is 0 Å². The number of pyridine rings is 1. The number of aromatic nitrogens is 2. The minimum Gasteiger partial charge on any atom is -0.454 e. The van der Waals surface area contributed by atoms with Gasteiger partial charge in [-0.15, -0.1) is 0 Å². The molecule has 2 heterocycles. The topological polar surface area (TPSA) is 103 Å². The van der Waals surface area contributed by atoms with Gasteiger partial charge in [0.2, 0.25) is 10.0 Å². The summed E-state index contributed by atoms with van der Waals surface area (Å²) in [6.07, 6.45) is 2.78. The molecule has 166 valence electrons. The summed E-state index contributed by atoms with van der Waals surface area (Å²) < 4.78 is 66.0. The second-order valence-electron chi connectivity index (χ2n) is 6.93. The molecule has 4 rings (SSSR count). The quantitative estimate of drug-likeness (QED) is 0.465. The van der Waals surface area contributed by atoms with Gasteiger partial charge in [-0.05, 0) is 37.3 Å². The van der Waals surface area contributed by atoms with E-state index < -0.39 is 27.2 Å². The summed E-state index contributed by atoms with van der Waals surface area (Å²) in [6.45, 7) is 1.49. The third-order valence-corrected chi connectivity index (χ3v) is 6.05. The van der Waals surface area contributed by atoms with Crippen LogP contribution in [-0.2, 0) is 17.1 Å². The zero-order valence-corrected chi connectivity index (χ0v) is 17.7. The van der Waals surface area contributed by atoms with Gasteiger partial charge in [0, 0.05) is 36.1 Å². The number of anilines is 1. The molecule has 0 bridgehead atoms. The fourth-order valence-electron chi connectivity index (χ4n) is 3.11. The van der Waals surface area contributed by atoms with Gasteiger partial charge in [-0.1, -0.05) is 5.16 Å². The molecule has 0 unspecified atom stereocenters. The molecule has 2 aromatic carbocycles. The Kier molecular flexibility index (Phi) is 5.43. The van der Waals surface area contributed by atoms with E-state index in [-0.39, 0.29) is 28.5 Å². The Morgan fingerprint density at radius 2 is 1.88 bits per heavy atom. The Hall–Kier alpha value is -3.73. The third kappa shape index (κ3) is 4.06. The van der Waals surface area contributed by atoms with Crippen LogP contribution in [0.25, 0.3) is 22.0 Å². The average Bonchev–Trinajstić information content (AvgIpc) is 3.24. The molecule has 0 spiro atoms. The molecule has 0 saturated heterocycles. The number of halogens is 2. The van der Waals surface area contributed by atoms with Gasteiger partial charge in [0.25, 0.3) is 5.56 Å². The molecule has 0 amide bonds. The SMILES string of the molecule is CCS(=O)(=O)Nc1ccc(Oc2ccc(F)cc2F)c(-c2cn(C)c(=O)c3nocc23)c1. The number of hydrogen-bond acceptors (Lipinski definition) is 6. The molecule has 0 aliphatic heterocycles. The minimum absolute atomic E-state index is 0.0588. The number of benzene rings is 2. The van der Waals surface area contributed by atoms with E-state index in [0.29, 0.717) is 22.6 Å². The predicted molar refractivity (Wildman–Crippen MR) is 114 cm³/mol. The number of nitrogens with one attached hydrogen (secondary N) is 1. The number of hydrogen-bond donors (Lipinski definition) is 1. The first kappa shape index (κ1) is 21.5. The molecule has 1 N–H and O–H groups in total. The van der Waals surface area contributed by atoms with E-state index in [0.717, 1.165) is 12.1 Å². The van der Waals surface area contributed by atoms with Crippen LogP contribution in [-0.4, -0.2) is 23.9 Å². The van der Waals surface area contributed by atoms with Crippen molar-refractivity contribution < 1.29 is 26.5 Å². The predicted octanol–water partition coefficient (Wildman–Crippen LogP) is 4.03. The van der Waals surface area contributed by atoms with E-state index in [2.05, 4.69) is 9.88 Å². The molecule has 0 aliphatic rings. The number of sulfonamides is 1. The lowest BCUT2D eigenvalue weighted by Crippen LogP contribution is -2.17. The smallest absolute Gasteiger partial charge is 0.280 e. The second-order valence-corrected chi connectivity index (χ2v) is 8.94. The minimum atomic E-state index is -3.58. The van der Waals surface area contributed by atoms with Gasteiger partial charge in [-0.3, -0.25) is 9.52 Å². The van der Waals surface area contributed by atoms with Crippen LogP contribution in [0.15, 0.2) is 58.2 Å². The summed E-state index contributed by atoms with van der Waals surface area (Å²) in [6, 6.07) is 7.24. The van der Waals surface area contributed by atoms with Crippen molar-refractivity contribution in [2.24, 2.45) is 7.05 Å². The maximum absolute atomic E-state index is 14.2. The van der Waals surface area contributed by atoms with E-state index >= 15 is 0 Å². The first-order valence-electron chi connectivity index (χ1n) is 9.40. The first-order valence-corrected chi connectivity index (χ1v) is 11.1. The average molecular weight is 461 g/mol. The molecule has 8 nitrogen and oxygen atoms in total. The third-order valence-electron chi connectivity index (χ3n) is 4.74. The van der Waals surface area contributed by atoms with Crippen LogP contribution in [0.5, 0.6) is 11.5 Å². The maximum Gasteiger partial charge on any atom is 0.280 e. The van der Waals surface area contributed by atoms with Crippen LogP contribution in [0.4, 0.5) is 14.5 Å². The van der Waals surface area contributed by atoms with Crippen LogP contribution in [0, 0.1) is 11.6 Å². The Labute approximate surface area is 181 Å². The number of nitrogens with zero attached hydrogens (tertiary/aromatic N) is 2. The van der Waals surface area contributed by atoms with Crippen LogP contribution < -0.4 is 15.0 Å². The van der Waals surface area contributed by atoms with Crippen LogP contribution in [0.3, 0.4) is 0 Å². The zero-order chi connectivity index (χ0) is 23.0. The Morgan fingerprint density at radius 1 is 1.12 bits per heavy atom. The summed E-state index contributed by atoms with van der Waals surface area (Å²) in [7, 11) is -2.06. The van der Waals surface area contributed by atoms with Crippen molar-refractivity contribution in [3.05, 3.63) is 70.8 Å². The molecule has 32 heavy (non-hydrogen) atoms. The zero-order valence-electron chi connectivity index (χ0n) is 16.9. The fourth-order valence-corrected chi connectivity index (χ4v) is 3.74. The Bertz CT molecular complexity index is 1500. The van der Waals surface area contributed by atoms with Crippen LogP contribution >= 0.6 is 0 Å². The van der Waals surface area contributed by atoms with Gasteiger partial charge in [0.15, 0.2) is 17.1 Å². The summed E-state index contributed by atoms with van der Waals surface area (Å²) in [5.41, 5.74) is 0.648. The lowest BCUT2D eigenvalue weighted by molar-refractivity contribution is 0.427. The Morgan fingerprint density at radius 3 is 2.59 bits per heavy atom. The van der Waals surface area contributed by atoms with Crippen molar-refractivity contribution in [3.8, 4) is 22.6 Å². The van der Waals surface area contributed by atoms with E-state index in [4.69, 9.17) is 9.26 Å². The molecular weight excluding hydrogens is 444 g/mol. The molecule has 0 fully saturated rings. The normalized spacial score (nSPS) is 11.6. The van der Waals surface area contributed by atoms with Crippen molar-refractivity contribution in [1.82, 2.24) is 9.72 Å². The molecular formula is C21H17F2N3O5S. The van der Waals surface area contributed by atoms with Gasteiger partial charge in [-0.25, -0.2) is 17.2 Å². The fraction of sp³-hybridized carbons (Fsp3) is 0.143. The number of ether oxygens (including phenoxy) is 1. The van der Waals surface area contributed by atoms with Crippen molar-refractivity contribution in [2.75, 3.05) is 10.5 Å². The standard InChI is InChI=1S/C21H17F2N3O5S/c1-3-32(28,29)25-13-5-7-18(31-19-6-4-12(22)8-17(19)23)14(9-13)15-10-26(2)21(27)20-16(15)11-30-24-20/h4-11,25H,3H2,1-2H3. The molecule has 4 aromatic rings. The van der Waals surface area contributed by atoms with E-state index in [9.17, 15) is 22.0 Å². The van der Waals surface area contributed by atoms with Gasteiger partial charge in [-0.2, -0.15) is 0 Å².